The van der Waals surface area contributed by atoms with E-state index in [2.05, 4.69) is 0 Å². The number of rotatable bonds is 8. The molecule has 1 unspecified atom stereocenters. The first-order chi connectivity index (χ1) is 9.54. The average molecular weight is 298 g/mol. The van der Waals surface area contributed by atoms with Gasteiger partial charge in [0.1, 0.15) is 5.75 Å². The number of halogens is 1. The van der Waals surface area contributed by atoms with Gasteiger partial charge in [0.25, 0.3) is 0 Å². The topological polar surface area (TPSA) is 52.4 Å². The predicted octanol–water partition coefficient (Wildman–Crippen LogP) is 4.50. The van der Waals surface area contributed by atoms with Crippen LogP contribution in [0.15, 0.2) is 30.0 Å². The second kappa shape index (κ2) is 8.59. The maximum atomic E-state index is 10.9. The second-order valence-corrected chi connectivity index (χ2v) is 5.30. The Balaban J connectivity index is 2.75. The fourth-order valence-electron chi connectivity index (χ4n) is 1.74. The highest BCUT2D eigenvalue weighted by atomic mass is 35.5. The fourth-order valence-corrected chi connectivity index (χ4v) is 1.90. The average Bonchev–Trinajstić information content (AvgIpc) is 2.41. The molecule has 0 aliphatic heterocycles. The summed E-state index contributed by atoms with van der Waals surface area (Å²) in [6.45, 7) is 4.27. The van der Waals surface area contributed by atoms with E-state index in [1.165, 1.54) is 0 Å². The van der Waals surface area contributed by atoms with Crippen LogP contribution >= 0.6 is 11.6 Å². The van der Waals surface area contributed by atoms with Crippen LogP contribution in [0, 0.1) is 10.1 Å². The van der Waals surface area contributed by atoms with Crippen LogP contribution in [0.25, 0.3) is 6.08 Å². The van der Waals surface area contributed by atoms with E-state index in [0.29, 0.717) is 18.8 Å². The van der Waals surface area contributed by atoms with Crippen LogP contribution in [0.1, 0.15) is 38.7 Å². The Bertz CT molecular complexity index is 472. The molecule has 1 aromatic carbocycles. The first kappa shape index (κ1) is 16.5. The molecule has 1 aromatic rings. The number of allylic oxidation sites excluding steroid dienone is 1. The largest absolute Gasteiger partial charge is 0.493 e. The second-order valence-electron chi connectivity index (χ2n) is 4.56. The Kier molecular flexibility index (Phi) is 7.09. The number of hydrogen-bond donors (Lipinski definition) is 0. The minimum absolute atomic E-state index is 0.134. The van der Waals surface area contributed by atoms with E-state index in [-0.39, 0.29) is 16.0 Å². The van der Waals surface area contributed by atoms with Crippen molar-refractivity contribution in [3.8, 4) is 5.75 Å². The Labute approximate surface area is 124 Å². The summed E-state index contributed by atoms with van der Waals surface area (Å²) in [5, 5.41) is 11.0. The van der Waals surface area contributed by atoms with Crippen LogP contribution in [0.3, 0.4) is 0 Å². The number of alkyl halides is 1. The van der Waals surface area contributed by atoms with E-state index < -0.39 is 0 Å². The number of ether oxygens (including phenoxy) is 1. The molecule has 110 valence electrons. The van der Waals surface area contributed by atoms with Crippen LogP contribution in [0.2, 0.25) is 0 Å². The minimum Gasteiger partial charge on any atom is -0.493 e. The summed E-state index contributed by atoms with van der Waals surface area (Å²) in [6, 6.07) is 7.34. The van der Waals surface area contributed by atoms with E-state index >= 15 is 0 Å². The standard InChI is InChI=1S/C15H20ClNO3/c1-3-14(17(18)19)11-13-8-4-5-9-15(13)20-10-6-7-12(2)16/h4-5,8-9,11-12H,3,6-7,10H2,1-2H3. The molecule has 0 spiro atoms. The van der Waals surface area contributed by atoms with Gasteiger partial charge in [-0.1, -0.05) is 25.1 Å². The van der Waals surface area contributed by atoms with Crippen molar-refractivity contribution in [2.45, 2.75) is 38.5 Å². The molecule has 0 aliphatic carbocycles. The highest BCUT2D eigenvalue weighted by Gasteiger charge is 2.10. The molecule has 0 aliphatic rings. The summed E-state index contributed by atoms with van der Waals surface area (Å²) >= 11 is 5.87. The van der Waals surface area contributed by atoms with Crippen molar-refractivity contribution in [2.75, 3.05) is 6.61 Å². The summed E-state index contributed by atoms with van der Waals surface area (Å²) in [5.74, 6) is 0.669. The molecule has 0 bridgehead atoms. The Morgan fingerprint density at radius 2 is 2.20 bits per heavy atom. The molecular weight excluding hydrogens is 278 g/mol. The van der Waals surface area contributed by atoms with Gasteiger partial charge in [-0.25, -0.2) is 0 Å². The van der Waals surface area contributed by atoms with Gasteiger partial charge in [-0.15, -0.1) is 11.6 Å². The van der Waals surface area contributed by atoms with Gasteiger partial charge in [0.05, 0.1) is 11.5 Å². The zero-order valence-electron chi connectivity index (χ0n) is 11.8. The molecule has 0 radical (unpaired) electrons. The minimum atomic E-state index is -0.355. The van der Waals surface area contributed by atoms with Crippen molar-refractivity contribution >= 4 is 17.7 Å². The smallest absolute Gasteiger partial charge is 0.246 e. The quantitative estimate of drug-likeness (QED) is 0.307. The molecule has 0 heterocycles. The molecule has 0 fully saturated rings. The first-order valence-corrected chi connectivity index (χ1v) is 7.19. The SMILES string of the molecule is CCC(=Cc1ccccc1OCCCC(C)Cl)[N+](=O)[O-]. The summed E-state index contributed by atoms with van der Waals surface area (Å²) in [7, 11) is 0. The van der Waals surface area contributed by atoms with Crippen LogP contribution in [0.4, 0.5) is 0 Å². The Morgan fingerprint density at radius 3 is 2.80 bits per heavy atom. The van der Waals surface area contributed by atoms with Gasteiger partial charge >= 0.3 is 0 Å². The monoisotopic (exact) mass is 297 g/mol. The Morgan fingerprint density at radius 1 is 1.50 bits per heavy atom. The summed E-state index contributed by atoms with van der Waals surface area (Å²) < 4.78 is 5.69. The van der Waals surface area contributed by atoms with Crippen molar-refractivity contribution in [3.63, 3.8) is 0 Å². The molecule has 0 N–H and O–H groups in total. The van der Waals surface area contributed by atoms with Crippen molar-refractivity contribution < 1.29 is 9.66 Å². The highest BCUT2D eigenvalue weighted by Crippen LogP contribution is 2.22. The van der Waals surface area contributed by atoms with Crippen LogP contribution < -0.4 is 4.74 Å². The van der Waals surface area contributed by atoms with E-state index in [9.17, 15) is 10.1 Å². The van der Waals surface area contributed by atoms with Gasteiger partial charge in [-0.3, -0.25) is 10.1 Å². The third kappa shape index (κ3) is 5.61. The first-order valence-electron chi connectivity index (χ1n) is 6.75. The lowest BCUT2D eigenvalue weighted by Gasteiger charge is -2.09. The number of benzene rings is 1. The molecular formula is C15H20ClNO3. The maximum Gasteiger partial charge on any atom is 0.246 e. The summed E-state index contributed by atoms with van der Waals surface area (Å²) in [5.41, 5.74) is 0.912. The summed E-state index contributed by atoms with van der Waals surface area (Å²) in [6.07, 6.45) is 3.69. The van der Waals surface area contributed by atoms with Gasteiger partial charge in [0.15, 0.2) is 0 Å². The highest BCUT2D eigenvalue weighted by molar-refractivity contribution is 6.20. The lowest BCUT2D eigenvalue weighted by molar-refractivity contribution is -0.425. The van der Waals surface area contributed by atoms with Crippen LogP contribution in [-0.2, 0) is 0 Å². The number of hydrogen-bond acceptors (Lipinski definition) is 3. The molecule has 20 heavy (non-hydrogen) atoms. The molecule has 0 amide bonds. The molecule has 0 aromatic heterocycles. The van der Waals surface area contributed by atoms with Gasteiger partial charge in [-0.05, 0) is 25.8 Å². The van der Waals surface area contributed by atoms with Gasteiger partial charge in [0.2, 0.25) is 5.70 Å². The van der Waals surface area contributed by atoms with Gasteiger partial charge in [0, 0.05) is 23.4 Å². The predicted molar refractivity (Wildman–Crippen MR) is 81.7 cm³/mol. The molecule has 5 heteroatoms. The third-order valence-electron chi connectivity index (χ3n) is 2.84. The zero-order valence-corrected chi connectivity index (χ0v) is 12.6. The molecule has 1 rings (SSSR count). The van der Waals surface area contributed by atoms with E-state index in [0.717, 1.165) is 18.4 Å². The summed E-state index contributed by atoms with van der Waals surface area (Å²) in [4.78, 5) is 10.5. The van der Waals surface area contributed by atoms with E-state index in [4.69, 9.17) is 16.3 Å². The molecule has 0 saturated heterocycles. The van der Waals surface area contributed by atoms with Gasteiger partial charge < -0.3 is 4.74 Å². The van der Waals surface area contributed by atoms with Crippen LogP contribution in [-0.4, -0.2) is 16.9 Å². The maximum absolute atomic E-state index is 10.9. The lowest BCUT2D eigenvalue weighted by Crippen LogP contribution is -2.02. The van der Waals surface area contributed by atoms with E-state index in [1.54, 1.807) is 13.0 Å². The van der Waals surface area contributed by atoms with Crippen molar-refractivity contribution in [2.24, 2.45) is 0 Å². The Hall–Kier alpha value is -1.55. The number of nitrogens with zero attached hydrogens (tertiary/aromatic N) is 1. The fraction of sp³-hybridized carbons (Fsp3) is 0.467. The molecule has 4 nitrogen and oxygen atoms in total. The number of nitro groups is 1. The lowest BCUT2D eigenvalue weighted by atomic mass is 10.1. The van der Waals surface area contributed by atoms with Crippen LogP contribution in [0.5, 0.6) is 5.75 Å². The molecule has 0 saturated carbocycles. The van der Waals surface area contributed by atoms with Crippen molar-refractivity contribution in [3.05, 3.63) is 45.6 Å². The van der Waals surface area contributed by atoms with Gasteiger partial charge in [-0.2, -0.15) is 0 Å². The van der Waals surface area contributed by atoms with Crippen molar-refractivity contribution in [1.29, 1.82) is 0 Å². The normalized spacial score (nSPS) is 13.1. The molecule has 1 atom stereocenters. The number of para-hydroxylation sites is 1. The third-order valence-corrected chi connectivity index (χ3v) is 3.06. The van der Waals surface area contributed by atoms with E-state index in [1.807, 2.05) is 31.2 Å². The van der Waals surface area contributed by atoms with Crippen molar-refractivity contribution in [1.82, 2.24) is 0 Å². The zero-order chi connectivity index (χ0) is 15.0.